The number of amides is 3. The second-order valence-electron chi connectivity index (χ2n) is 8.85. The zero-order valence-corrected chi connectivity index (χ0v) is 18.3. The van der Waals surface area contributed by atoms with Gasteiger partial charge in [0, 0.05) is 12.5 Å². The van der Waals surface area contributed by atoms with Crippen molar-refractivity contribution in [3.8, 4) is 0 Å². The quantitative estimate of drug-likeness (QED) is 0.375. The van der Waals surface area contributed by atoms with E-state index in [-0.39, 0.29) is 25.4 Å². The number of hydrogen-bond donors (Lipinski definition) is 3. The van der Waals surface area contributed by atoms with Crippen molar-refractivity contribution in [2.75, 3.05) is 6.54 Å². The Balaban J connectivity index is 2.12. The molecule has 1 aliphatic heterocycles. The first kappa shape index (κ1) is 24.4. The molecule has 0 aromatic heterocycles. The lowest BCUT2D eigenvalue weighted by Crippen LogP contribution is -2.53. The molecule has 0 aromatic rings. The molecule has 1 saturated carbocycles. The molecule has 31 heavy (non-hydrogen) atoms. The van der Waals surface area contributed by atoms with Crippen LogP contribution in [0.25, 0.3) is 0 Å². The van der Waals surface area contributed by atoms with E-state index in [2.05, 4.69) is 10.6 Å². The summed E-state index contributed by atoms with van der Waals surface area (Å²) in [5, 5.41) is 14.1. The van der Waals surface area contributed by atoms with Gasteiger partial charge < -0.3 is 25.2 Å². The molecule has 11 nitrogen and oxygen atoms in total. The number of carboxylic acid groups (broad SMARTS) is 1. The van der Waals surface area contributed by atoms with E-state index < -0.39 is 53.6 Å². The fourth-order valence-electron chi connectivity index (χ4n) is 3.26. The van der Waals surface area contributed by atoms with Crippen molar-refractivity contribution >= 4 is 29.8 Å². The van der Waals surface area contributed by atoms with E-state index in [1.807, 2.05) is 6.92 Å². The summed E-state index contributed by atoms with van der Waals surface area (Å²) >= 11 is 0. The predicted octanol–water partition coefficient (Wildman–Crippen LogP) is 1.19. The van der Waals surface area contributed by atoms with Crippen molar-refractivity contribution in [2.24, 2.45) is 0 Å². The minimum Gasteiger partial charge on any atom is -0.450 e. The Kier molecular flexibility index (Phi) is 7.85. The van der Waals surface area contributed by atoms with Gasteiger partial charge in [-0.25, -0.2) is 9.59 Å². The van der Waals surface area contributed by atoms with Gasteiger partial charge in [0.25, 0.3) is 5.91 Å². The summed E-state index contributed by atoms with van der Waals surface area (Å²) in [5.41, 5.74) is -0.828. The minimum atomic E-state index is -1.52. The third-order valence-corrected chi connectivity index (χ3v) is 4.81. The van der Waals surface area contributed by atoms with Crippen LogP contribution >= 0.6 is 0 Å². The van der Waals surface area contributed by atoms with Crippen molar-refractivity contribution < 1.29 is 38.6 Å². The second kappa shape index (κ2) is 9.97. The highest BCUT2D eigenvalue weighted by molar-refractivity contribution is 6.38. The van der Waals surface area contributed by atoms with Gasteiger partial charge >= 0.3 is 12.2 Å². The molecule has 0 aromatic carbocycles. The summed E-state index contributed by atoms with van der Waals surface area (Å²) < 4.78 is 10.1. The Morgan fingerprint density at radius 2 is 1.81 bits per heavy atom. The van der Waals surface area contributed by atoms with Crippen LogP contribution in [0.15, 0.2) is 0 Å². The van der Waals surface area contributed by atoms with Crippen LogP contribution < -0.4 is 10.6 Å². The highest BCUT2D eigenvalue weighted by Crippen LogP contribution is 2.24. The Morgan fingerprint density at radius 1 is 1.16 bits per heavy atom. The molecule has 3 amide bonds. The maximum atomic E-state index is 13.0. The molecule has 0 bridgehead atoms. The van der Waals surface area contributed by atoms with Gasteiger partial charge in [-0.05, 0) is 40.0 Å². The van der Waals surface area contributed by atoms with Gasteiger partial charge in [-0.1, -0.05) is 13.3 Å². The van der Waals surface area contributed by atoms with Crippen molar-refractivity contribution in [3.63, 3.8) is 0 Å². The van der Waals surface area contributed by atoms with E-state index >= 15 is 0 Å². The Labute approximate surface area is 180 Å². The number of Topliss-reactive ketones (excluding diaryl/α,β-unsaturated/α-hetero) is 1. The monoisotopic (exact) mass is 441 g/mol. The molecule has 0 spiro atoms. The van der Waals surface area contributed by atoms with Crippen molar-refractivity contribution in [3.05, 3.63) is 0 Å². The minimum absolute atomic E-state index is 0.000783. The van der Waals surface area contributed by atoms with Gasteiger partial charge in [0.2, 0.25) is 11.7 Å². The lowest BCUT2D eigenvalue weighted by molar-refractivity contribution is -0.140. The van der Waals surface area contributed by atoms with E-state index in [0.29, 0.717) is 6.42 Å². The summed E-state index contributed by atoms with van der Waals surface area (Å²) in [5.74, 6) is -2.17. The molecule has 174 valence electrons. The zero-order valence-electron chi connectivity index (χ0n) is 18.3. The first-order valence-electron chi connectivity index (χ1n) is 10.5. The molecule has 3 N–H and O–H groups in total. The molecule has 1 aliphatic carbocycles. The van der Waals surface area contributed by atoms with Crippen molar-refractivity contribution in [1.82, 2.24) is 15.5 Å². The fourth-order valence-corrected chi connectivity index (χ4v) is 3.26. The van der Waals surface area contributed by atoms with Gasteiger partial charge in [-0.2, -0.15) is 0 Å². The van der Waals surface area contributed by atoms with Crippen LogP contribution in [-0.4, -0.2) is 76.2 Å². The van der Waals surface area contributed by atoms with Crippen LogP contribution in [0.1, 0.15) is 59.8 Å². The van der Waals surface area contributed by atoms with E-state index in [9.17, 15) is 24.0 Å². The second-order valence-corrected chi connectivity index (χ2v) is 8.85. The number of hydrogen-bond acceptors (Lipinski definition) is 7. The van der Waals surface area contributed by atoms with Gasteiger partial charge in [0.1, 0.15) is 17.7 Å². The predicted molar refractivity (Wildman–Crippen MR) is 107 cm³/mol. The van der Waals surface area contributed by atoms with Gasteiger partial charge in [0.15, 0.2) is 0 Å². The highest BCUT2D eigenvalue weighted by Gasteiger charge is 2.44. The zero-order chi connectivity index (χ0) is 23.3. The van der Waals surface area contributed by atoms with Gasteiger partial charge in [0.05, 0.1) is 12.6 Å². The summed E-state index contributed by atoms with van der Waals surface area (Å²) in [6.45, 7) is 6.64. The largest absolute Gasteiger partial charge is 0.506 e. The van der Waals surface area contributed by atoms with Crippen LogP contribution in [0, 0.1) is 0 Å². The number of ether oxygens (including phenoxy) is 2. The number of nitrogens with zero attached hydrogens (tertiary/aromatic N) is 1. The van der Waals surface area contributed by atoms with E-state index in [1.165, 1.54) is 0 Å². The average Bonchev–Trinajstić information content (AvgIpc) is 3.35. The highest BCUT2D eigenvalue weighted by atomic mass is 16.7. The maximum Gasteiger partial charge on any atom is 0.506 e. The van der Waals surface area contributed by atoms with Crippen LogP contribution in [0.5, 0.6) is 0 Å². The first-order valence-corrected chi connectivity index (χ1v) is 10.5. The standard InChI is InChI=1S/C20H31N3O8/c1-5-6-13(15(24)17(26)21-11-7-8-11)22-16(25)14-9-12(30-19(28)29)10-23(14)18(27)31-20(2,3)4/h11-14H,5-10H2,1-4H3,(H,21,26)(H,22,25)(H,28,29)/t12-,13+,14+/m1/s1. The molecule has 2 aliphatic rings. The summed E-state index contributed by atoms with van der Waals surface area (Å²) in [6.07, 6.45) is -0.892. The van der Waals surface area contributed by atoms with E-state index in [0.717, 1.165) is 17.7 Å². The normalized spacial score (nSPS) is 21.7. The Morgan fingerprint density at radius 3 is 2.32 bits per heavy atom. The molecule has 3 atom stereocenters. The number of ketones is 1. The summed E-state index contributed by atoms with van der Waals surface area (Å²) in [7, 11) is 0. The summed E-state index contributed by atoms with van der Waals surface area (Å²) in [4.78, 5) is 62.2. The molecule has 1 heterocycles. The Bertz CT molecular complexity index is 728. The smallest absolute Gasteiger partial charge is 0.450 e. The summed E-state index contributed by atoms with van der Waals surface area (Å²) in [6, 6.07) is -2.14. The average molecular weight is 441 g/mol. The number of likely N-dealkylation sites (tertiary alicyclic amines) is 1. The lowest BCUT2D eigenvalue weighted by atomic mass is 10.1. The van der Waals surface area contributed by atoms with Crippen LogP contribution in [-0.2, 0) is 23.9 Å². The third kappa shape index (κ3) is 7.41. The molecule has 0 unspecified atom stereocenters. The van der Waals surface area contributed by atoms with Crippen LogP contribution in [0.2, 0.25) is 0 Å². The van der Waals surface area contributed by atoms with E-state index in [4.69, 9.17) is 14.6 Å². The molecule has 2 rings (SSSR count). The number of carbonyl (C=O) groups is 5. The maximum absolute atomic E-state index is 13.0. The SMILES string of the molecule is CCC[C@H](NC(=O)[C@@H]1C[C@@H](OC(=O)O)CN1C(=O)OC(C)(C)C)C(=O)C(=O)NC1CC1. The molecule has 2 fully saturated rings. The molecule has 1 saturated heterocycles. The molecular formula is C20H31N3O8. The molecular weight excluding hydrogens is 410 g/mol. The van der Waals surface area contributed by atoms with Crippen molar-refractivity contribution in [1.29, 1.82) is 0 Å². The molecule has 11 heteroatoms. The van der Waals surface area contributed by atoms with Crippen LogP contribution in [0.4, 0.5) is 9.59 Å². The first-order chi connectivity index (χ1) is 14.4. The number of nitrogens with one attached hydrogen (secondary N) is 2. The van der Waals surface area contributed by atoms with Gasteiger partial charge in [-0.3, -0.25) is 19.3 Å². The fraction of sp³-hybridized carbons (Fsp3) is 0.750. The van der Waals surface area contributed by atoms with Crippen molar-refractivity contribution in [2.45, 2.75) is 89.6 Å². The van der Waals surface area contributed by atoms with Gasteiger partial charge in [-0.15, -0.1) is 0 Å². The molecule has 0 radical (unpaired) electrons. The Hall–Kier alpha value is -2.85. The topological polar surface area (TPSA) is 151 Å². The van der Waals surface area contributed by atoms with E-state index in [1.54, 1.807) is 20.8 Å². The number of carbonyl (C=O) groups excluding carboxylic acids is 4. The lowest BCUT2D eigenvalue weighted by Gasteiger charge is -2.28. The van der Waals surface area contributed by atoms with Crippen LogP contribution in [0.3, 0.4) is 0 Å². The number of rotatable bonds is 8. The third-order valence-electron chi connectivity index (χ3n) is 4.81.